The van der Waals surface area contributed by atoms with Crippen LogP contribution >= 0.6 is 0 Å². The van der Waals surface area contributed by atoms with Gasteiger partial charge in [-0.2, -0.15) is 0 Å². The summed E-state index contributed by atoms with van der Waals surface area (Å²) in [5, 5.41) is 2.94. The van der Waals surface area contributed by atoms with Crippen molar-refractivity contribution < 1.29 is 9.59 Å². The number of rotatable bonds is 8. The maximum absolute atomic E-state index is 12.7. The molecule has 0 spiro atoms. The minimum Gasteiger partial charge on any atom is -0.356 e. The first-order valence-corrected chi connectivity index (χ1v) is 8.66. The molecule has 1 aliphatic carbocycles. The summed E-state index contributed by atoms with van der Waals surface area (Å²) >= 11 is 0. The molecule has 1 saturated carbocycles. The Hall–Kier alpha value is -1.84. The summed E-state index contributed by atoms with van der Waals surface area (Å²) in [6, 6.07) is 10.1. The van der Waals surface area contributed by atoms with Gasteiger partial charge in [0.2, 0.25) is 11.8 Å². The third-order valence-electron chi connectivity index (χ3n) is 4.38. The van der Waals surface area contributed by atoms with Gasteiger partial charge in [-0.3, -0.25) is 9.59 Å². The molecule has 1 fully saturated rings. The highest BCUT2D eigenvalue weighted by atomic mass is 16.2. The van der Waals surface area contributed by atoms with Crippen LogP contribution in [0.5, 0.6) is 0 Å². The van der Waals surface area contributed by atoms with Gasteiger partial charge in [0.1, 0.15) is 0 Å². The van der Waals surface area contributed by atoms with E-state index in [0.717, 1.165) is 18.4 Å². The summed E-state index contributed by atoms with van der Waals surface area (Å²) in [7, 11) is 0. The van der Waals surface area contributed by atoms with Gasteiger partial charge in [-0.1, -0.05) is 43.7 Å². The summed E-state index contributed by atoms with van der Waals surface area (Å²) in [6.07, 6.45) is 2.74. The van der Waals surface area contributed by atoms with Gasteiger partial charge in [0, 0.05) is 19.1 Å². The normalized spacial score (nSPS) is 19.5. The molecule has 1 aromatic rings. The Morgan fingerprint density at radius 1 is 1.22 bits per heavy atom. The Morgan fingerprint density at radius 2 is 1.91 bits per heavy atom. The number of unbranched alkanes of at least 4 members (excludes halogenated alkanes) is 1. The third kappa shape index (κ3) is 4.81. The zero-order chi connectivity index (χ0) is 16.8. The fourth-order valence-electron chi connectivity index (χ4n) is 2.79. The van der Waals surface area contributed by atoms with Gasteiger partial charge >= 0.3 is 0 Å². The van der Waals surface area contributed by atoms with E-state index in [4.69, 9.17) is 0 Å². The van der Waals surface area contributed by atoms with Crippen LogP contribution in [0, 0.1) is 11.8 Å². The Balaban J connectivity index is 1.91. The van der Waals surface area contributed by atoms with Crippen LogP contribution in [0.2, 0.25) is 0 Å². The molecule has 0 heterocycles. The zero-order valence-electron chi connectivity index (χ0n) is 14.4. The summed E-state index contributed by atoms with van der Waals surface area (Å²) in [6.45, 7) is 7.47. The summed E-state index contributed by atoms with van der Waals surface area (Å²) in [5.74, 6) is -0.112. The molecule has 2 rings (SSSR count). The Kier molecular flexibility index (Phi) is 6.20. The highest BCUT2D eigenvalue weighted by molar-refractivity contribution is 5.92. The second-order valence-corrected chi connectivity index (χ2v) is 6.64. The number of benzene rings is 1. The average molecular weight is 316 g/mol. The van der Waals surface area contributed by atoms with Crippen molar-refractivity contribution in [3.8, 4) is 0 Å². The van der Waals surface area contributed by atoms with Gasteiger partial charge in [-0.25, -0.2) is 0 Å². The first-order valence-electron chi connectivity index (χ1n) is 8.66. The number of hydrogen-bond donors (Lipinski definition) is 1. The Labute approximate surface area is 139 Å². The van der Waals surface area contributed by atoms with Crippen molar-refractivity contribution in [3.63, 3.8) is 0 Å². The molecular formula is C19H28N2O2. The lowest BCUT2D eigenvalue weighted by molar-refractivity contribution is -0.136. The molecule has 4 heteroatoms. The van der Waals surface area contributed by atoms with Crippen molar-refractivity contribution in [2.24, 2.45) is 11.8 Å². The monoisotopic (exact) mass is 316 g/mol. The van der Waals surface area contributed by atoms with Crippen LogP contribution in [0.3, 0.4) is 0 Å². The zero-order valence-corrected chi connectivity index (χ0v) is 14.4. The summed E-state index contributed by atoms with van der Waals surface area (Å²) in [4.78, 5) is 26.7. The molecule has 0 aliphatic heterocycles. The minimum atomic E-state index is -0.136. The summed E-state index contributed by atoms with van der Waals surface area (Å²) in [5.41, 5.74) is 1.12. The van der Waals surface area contributed by atoms with Gasteiger partial charge in [-0.05, 0) is 32.3 Å². The standard InChI is InChI=1S/C19H28N2O2/c1-4-5-11-20-18(22)16-12-17(16)19(23)21(14(2)3)13-15-9-7-6-8-10-15/h6-10,14,16-17H,4-5,11-13H2,1-3H3,(H,20,22). The van der Waals surface area contributed by atoms with Gasteiger partial charge in [0.05, 0.1) is 11.8 Å². The van der Waals surface area contributed by atoms with Crippen molar-refractivity contribution in [1.82, 2.24) is 10.2 Å². The van der Waals surface area contributed by atoms with Crippen molar-refractivity contribution in [1.29, 1.82) is 0 Å². The van der Waals surface area contributed by atoms with E-state index in [0.29, 0.717) is 19.5 Å². The predicted molar refractivity (Wildman–Crippen MR) is 91.6 cm³/mol. The molecule has 0 bridgehead atoms. The lowest BCUT2D eigenvalue weighted by atomic mass is 10.1. The molecule has 2 amide bonds. The highest BCUT2D eigenvalue weighted by Gasteiger charge is 2.49. The van der Waals surface area contributed by atoms with Crippen LogP contribution in [0.25, 0.3) is 0 Å². The molecule has 2 unspecified atom stereocenters. The first-order chi connectivity index (χ1) is 11.0. The van der Waals surface area contributed by atoms with Crippen molar-refractivity contribution in [3.05, 3.63) is 35.9 Å². The molecular weight excluding hydrogens is 288 g/mol. The van der Waals surface area contributed by atoms with E-state index < -0.39 is 0 Å². The third-order valence-corrected chi connectivity index (χ3v) is 4.38. The number of nitrogens with zero attached hydrogens (tertiary/aromatic N) is 1. The van der Waals surface area contributed by atoms with E-state index in [2.05, 4.69) is 12.2 Å². The van der Waals surface area contributed by atoms with Crippen LogP contribution in [-0.4, -0.2) is 29.3 Å². The van der Waals surface area contributed by atoms with Crippen molar-refractivity contribution >= 4 is 11.8 Å². The Morgan fingerprint density at radius 3 is 2.52 bits per heavy atom. The van der Waals surface area contributed by atoms with Crippen LogP contribution in [-0.2, 0) is 16.1 Å². The van der Waals surface area contributed by atoms with Gasteiger partial charge in [0.25, 0.3) is 0 Å². The van der Waals surface area contributed by atoms with E-state index >= 15 is 0 Å². The molecule has 23 heavy (non-hydrogen) atoms. The Bertz CT molecular complexity index is 527. The molecule has 126 valence electrons. The smallest absolute Gasteiger partial charge is 0.227 e. The van der Waals surface area contributed by atoms with Crippen LogP contribution in [0.1, 0.15) is 45.6 Å². The fourth-order valence-corrected chi connectivity index (χ4v) is 2.79. The van der Waals surface area contributed by atoms with E-state index in [1.165, 1.54) is 0 Å². The second-order valence-electron chi connectivity index (χ2n) is 6.64. The molecule has 2 atom stereocenters. The number of carbonyl (C=O) groups excluding carboxylic acids is 2. The lowest BCUT2D eigenvalue weighted by Gasteiger charge is -2.27. The number of carbonyl (C=O) groups is 2. The molecule has 0 radical (unpaired) electrons. The van der Waals surface area contributed by atoms with Crippen LogP contribution in [0.15, 0.2) is 30.3 Å². The van der Waals surface area contributed by atoms with Gasteiger partial charge in [-0.15, -0.1) is 0 Å². The molecule has 0 aromatic heterocycles. The van der Waals surface area contributed by atoms with E-state index in [1.807, 2.05) is 49.1 Å². The van der Waals surface area contributed by atoms with Crippen LogP contribution < -0.4 is 5.32 Å². The topological polar surface area (TPSA) is 49.4 Å². The van der Waals surface area contributed by atoms with Gasteiger partial charge in [0.15, 0.2) is 0 Å². The minimum absolute atomic E-state index is 0.0419. The van der Waals surface area contributed by atoms with E-state index in [9.17, 15) is 9.59 Å². The van der Waals surface area contributed by atoms with Crippen molar-refractivity contribution in [2.45, 2.75) is 52.6 Å². The van der Waals surface area contributed by atoms with Gasteiger partial charge < -0.3 is 10.2 Å². The van der Waals surface area contributed by atoms with Crippen LogP contribution in [0.4, 0.5) is 0 Å². The highest BCUT2D eigenvalue weighted by Crippen LogP contribution is 2.40. The number of nitrogens with one attached hydrogen (secondary N) is 1. The average Bonchev–Trinajstić information content (AvgIpc) is 3.33. The number of hydrogen-bond acceptors (Lipinski definition) is 2. The lowest BCUT2D eigenvalue weighted by Crippen LogP contribution is -2.38. The largest absolute Gasteiger partial charge is 0.356 e. The maximum Gasteiger partial charge on any atom is 0.227 e. The molecule has 0 saturated heterocycles. The molecule has 1 N–H and O–H groups in total. The SMILES string of the molecule is CCCCNC(=O)C1CC1C(=O)N(Cc1ccccc1)C(C)C. The fraction of sp³-hybridized carbons (Fsp3) is 0.579. The quantitative estimate of drug-likeness (QED) is 0.750. The summed E-state index contributed by atoms with van der Waals surface area (Å²) < 4.78 is 0. The maximum atomic E-state index is 12.7. The van der Waals surface area contributed by atoms with E-state index in [1.54, 1.807) is 0 Å². The molecule has 4 nitrogen and oxygen atoms in total. The molecule has 1 aliphatic rings. The first kappa shape index (κ1) is 17.5. The predicted octanol–water partition coefficient (Wildman–Crippen LogP) is 2.98. The molecule has 1 aromatic carbocycles. The van der Waals surface area contributed by atoms with E-state index in [-0.39, 0.29) is 29.7 Å². The van der Waals surface area contributed by atoms with Crippen molar-refractivity contribution in [2.75, 3.05) is 6.54 Å². The second kappa shape index (κ2) is 8.14. The number of amides is 2.